The van der Waals surface area contributed by atoms with Crippen LogP contribution in [0.3, 0.4) is 0 Å². The van der Waals surface area contributed by atoms with Gasteiger partial charge in [-0.15, -0.1) is 0 Å². The van der Waals surface area contributed by atoms with Gasteiger partial charge in [0.1, 0.15) is 0 Å². The lowest BCUT2D eigenvalue weighted by Gasteiger charge is -2.62. The Morgan fingerprint density at radius 1 is 0.900 bits per heavy atom. The molecule has 0 aromatic heterocycles. The van der Waals surface area contributed by atoms with Gasteiger partial charge in [0.05, 0.1) is 18.8 Å². The van der Waals surface area contributed by atoms with E-state index in [2.05, 4.69) is 27.7 Å². The molecule has 170 valence electrons. The van der Waals surface area contributed by atoms with Crippen molar-refractivity contribution in [3.05, 3.63) is 0 Å². The number of aliphatic hydroxyl groups excluding tert-OH is 1. The third-order valence-corrected chi connectivity index (χ3v) is 11.8. The van der Waals surface area contributed by atoms with Gasteiger partial charge in [-0.3, -0.25) is 0 Å². The van der Waals surface area contributed by atoms with Crippen molar-refractivity contribution in [1.29, 1.82) is 0 Å². The lowest BCUT2D eigenvalue weighted by molar-refractivity contribution is -0.274. The van der Waals surface area contributed by atoms with E-state index in [0.717, 1.165) is 31.3 Å². The van der Waals surface area contributed by atoms with Crippen LogP contribution in [0.15, 0.2) is 0 Å². The second kappa shape index (κ2) is 6.70. The standard InChI is InChI=1S/C27H44O3/c1-16-10-12-27(29-15-16)17(2)23-22(30-27)13-20-19-9-8-18-7-5-6-11-25(18,3)24(19)21(28)14-26(20,23)4/h16-24,28H,5-15H2,1-4H3/t16?,17-,18?,19-,20-,21?,22-,23-,24+,25-,26-,27+/m0/s1. The first-order chi connectivity index (χ1) is 14.3. The van der Waals surface area contributed by atoms with Crippen LogP contribution in [-0.4, -0.2) is 29.7 Å². The molecule has 0 aromatic carbocycles. The smallest absolute Gasteiger partial charge is 0.171 e. The quantitative estimate of drug-likeness (QED) is 0.543. The lowest BCUT2D eigenvalue weighted by Crippen LogP contribution is -2.59. The minimum atomic E-state index is -0.343. The van der Waals surface area contributed by atoms with Crippen molar-refractivity contribution in [3.8, 4) is 0 Å². The van der Waals surface area contributed by atoms with Crippen molar-refractivity contribution in [2.24, 2.45) is 52.3 Å². The van der Waals surface area contributed by atoms with Crippen LogP contribution in [0.4, 0.5) is 0 Å². The maximum Gasteiger partial charge on any atom is 0.171 e. The van der Waals surface area contributed by atoms with E-state index in [0.29, 0.717) is 41.1 Å². The summed E-state index contributed by atoms with van der Waals surface area (Å²) in [7, 11) is 0. The summed E-state index contributed by atoms with van der Waals surface area (Å²) in [5.41, 5.74) is 0.578. The van der Waals surface area contributed by atoms with Gasteiger partial charge in [-0.05, 0) is 91.3 Å². The van der Waals surface area contributed by atoms with Gasteiger partial charge < -0.3 is 14.6 Å². The Labute approximate surface area is 183 Å². The van der Waals surface area contributed by atoms with Gasteiger partial charge in [-0.2, -0.15) is 0 Å². The molecule has 0 bridgehead atoms. The van der Waals surface area contributed by atoms with Crippen LogP contribution in [0.1, 0.15) is 91.9 Å². The molecule has 4 aliphatic carbocycles. The molecule has 2 aliphatic heterocycles. The Balaban J connectivity index is 1.30. The van der Waals surface area contributed by atoms with Gasteiger partial charge in [0.2, 0.25) is 0 Å². The highest BCUT2D eigenvalue weighted by Crippen LogP contribution is 2.71. The molecule has 6 fully saturated rings. The topological polar surface area (TPSA) is 38.7 Å². The second-order valence-electron chi connectivity index (χ2n) is 13.1. The van der Waals surface area contributed by atoms with Crippen molar-refractivity contribution in [2.75, 3.05) is 6.61 Å². The Morgan fingerprint density at radius 3 is 2.50 bits per heavy atom. The monoisotopic (exact) mass is 416 g/mol. The molecule has 3 nitrogen and oxygen atoms in total. The first kappa shape index (κ1) is 20.5. The molecule has 2 saturated heterocycles. The molecule has 30 heavy (non-hydrogen) atoms. The fourth-order valence-corrected chi connectivity index (χ4v) is 10.4. The van der Waals surface area contributed by atoms with E-state index in [1.54, 1.807) is 0 Å². The number of rotatable bonds is 0. The summed E-state index contributed by atoms with van der Waals surface area (Å²) in [5.74, 6) is 4.08. The lowest BCUT2D eigenvalue weighted by atomic mass is 9.43. The van der Waals surface area contributed by atoms with Crippen LogP contribution < -0.4 is 0 Å². The van der Waals surface area contributed by atoms with Gasteiger partial charge in [0.15, 0.2) is 5.79 Å². The highest BCUT2D eigenvalue weighted by atomic mass is 16.7. The first-order valence-corrected chi connectivity index (χ1v) is 13.3. The largest absolute Gasteiger partial charge is 0.393 e. The van der Waals surface area contributed by atoms with Crippen molar-refractivity contribution in [3.63, 3.8) is 0 Å². The zero-order chi connectivity index (χ0) is 20.9. The molecule has 12 atom stereocenters. The molecule has 3 unspecified atom stereocenters. The van der Waals surface area contributed by atoms with Crippen LogP contribution in [0, 0.1) is 52.3 Å². The number of hydrogen-bond donors (Lipinski definition) is 1. The van der Waals surface area contributed by atoms with E-state index in [1.165, 1.54) is 51.4 Å². The molecule has 1 N–H and O–H groups in total. The van der Waals surface area contributed by atoms with Crippen LogP contribution in [-0.2, 0) is 9.47 Å². The van der Waals surface area contributed by atoms with E-state index < -0.39 is 0 Å². The fraction of sp³-hybridized carbons (Fsp3) is 1.00. The van der Waals surface area contributed by atoms with Gasteiger partial charge >= 0.3 is 0 Å². The molecule has 0 radical (unpaired) electrons. The number of aliphatic hydroxyl groups is 1. The molecule has 6 rings (SSSR count). The predicted molar refractivity (Wildman–Crippen MR) is 118 cm³/mol. The maximum atomic E-state index is 11.7. The van der Waals surface area contributed by atoms with Crippen molar-refractivity contribution in [2.45, 2.75) is 110 Å². The van der Waals surface area contributed by atoms with Crippen LogP contribution in [0.25, 0.3) is 0 Å². The highest BCUT2D eigenvalue weighted by molar-refractivity contribution is 5.16. The molecule has 1 spiro atoms. The number of fused-ring (bicyclic) bond motifs is 7. The van der Waals surface area contributed by atoms with Crippen molar-refractivity contribution >= 4 is 0 Å². The molecule has 4 saturated carbocycles. The second-order valence-corrected chi connectivity index (χ2v) is 13.1. The number of hydrogen-bond acceptors (Lipinski definition) is 3. The Hall–Kier alpha value is -0.120. The van der Waals surface area contributed by atoms with E-state index in [1.807, 2.05) is 0 Å². The third-order valence-electron chi connectivity index (χ3n) is 11.8. The van der Waals surface area contributed by atoms with Gasteiger partial charge in [0.25, 0.3) is 0 Å². The Kier molecular flexibility index (Phi) is 4.58. The van der Waals surface area contributed by atoms with E-state index in [-0.39, 0.29) is 17.3 Å². The molecule has 2 heterocycles. The SMILES string of the molecule is CC1CC[C@@]2(OC1)O[C@H]1C[C@H]3[C@@H]4CCC5CCCC[C@]5(C)[C@H]4C(O)C[C@]3(C)[C@H]1[C@@H]2C. The normalized spacial score (nSPS) is 62.5. The highest BCUT2D eigenvalue weighted by Gasteiger charge is 2.70. The average Bonchev–Trinajstić information content (AvgIpc) is 3.14. The minimum Gasteiger partial charge on any atom is -0.393 e. The van der Waals surface area contributed by atoms with Gasteiger partial charge in [0, 0.05) is 12.3 Å². The minimum absolute atomic E-state index is 0.128. The summed E-state index contributed by atoms with van der Waals surface area (Å²) in [4.78, 5) is 0. The average molecular weight is 417 g/mol. The zero-order valence-corrected chi connectivity index (χ0v) is 19.7. The molecule has 3 heteroatoms. The van der Waals surface area contributed by atoms with Gasteiger partial charge in [-0.25, -0.2) is 0 Å². The molecule has 6 aliphatic rings. The van der Waals surface area contributed by atoms with E-state index in [9.17, 15) is 5.11 Å². The Bertz CT molecular complexity index is 684. The van der Waals surface area contributed by atoms with Crippen LogP contribution >= 0.6 is 0 Å². The summed E-state index contributed by atoms with van der Waals surface area (Å²) in [6.07, 6.45) is 12.9. The van der Waals surface area contributed by atoms with Crippen molar-refractivity contribution < 1.29 is 14.6 Å². The molecule has 0 amide bonds. The maximum absolute atomic E-state index is 11.7. The number of ether oxygens (including phenoxy) is 2. The van der Waals surface area contributed by atoms with E-state index in [4.69, 9.17) is 9.47 Å². The Morgan fingerprint density at radius 2 is 1.73 bits per heavy atom. The summed E-state index contributed by atoms with van der Waals surface area (Å²) >= 11 is 0. The fourth-order valence-electron chi connectivity index (χ4n) is 10.4. The first-order valence-electron chi connectivity index (χ1n) is 13.3. The third kappa shape index (κ3) is 2.55. The van der Waals surface area contributed by atoms with Crippen molar-refractivity contribution in [1.82, 2.24) is 0 Å². The zero-order valence-electron chi connectivity index (χ0n) is 19.7. The van der Waals surface area contributed by atoms with Crippen LogP contribution in [0.2, 0.25) is 0 Å². The van der Waals surface area contributed by atoms with Gasteiger partial charge in [-0.1, -0.05) is 40.5 Å². The molecular formula is C27H44O3. The summed E-state index contributed by atoms with van der Waals surface area (Å²) in [6, 6.07) is 0. The summed E-state index contributed by atoms with van der Waals surface area (Å²) in [6.45, 7) is 10.6. The molecule has 0 aromatic rings. The predicted octanol–water partition coefficient (Wildman–Crippen LogP) is 5.79. The molecular weight excluding hydrogens is 372 g/mol. The van der Waals surface area contributed by atoms with Crippen LogP contribution in [0.5, 0.6) is 0 Å². The van der Waals surface area contributed by atoms with E-state index >= 15 is 0 Å². The summed E-state index contributed by atoms with van der Waals surface area (Å²) < 4.78 is 13.3. The summed E-state index contributed by atoms with van der Waals surface area (Å²) in [5, 5.41) is 11.7.